The van der Waals surface area contributed by atoms with Gasteiger partial charge in [0.15, 0.2) is 0 Å². The molecule has 0 atom stereocenters. The third-order valence-corrected chi connectivity index (χ3v) is 4.75. The highest BCUT2D eigenvalue weighted by molar-refractivity contribution is 5.80. The molecule has 4 rings (SSSR count). The van der Waals surface area contributed by atoms with Crippen molar-refractivity contribution in [1.29, 1.82) is 0 Å². The van der Waals surface area contributed by atoms with Crippen LogP contribution in [0, 0.1) is 20.2 Å². The van der Waals surface area contributed by atoms with Gasteiger partial charge in [-0.1, -0.05) is 72.8 Å². The number of hydrogen-bond acceptors (Lipinski definition) is 5. The van der Waals surface area contributed by atoms with Crippen molar-refractivity contribution in [2.45, 2.75) is 0 Å². The lowest BCUT2D eigenvalue weighted by Gasteiger charge is -2.12. The second-order valence-corrected chi connectivity index (χ2v) is 6.65. The fourth-order valence-electron chi connectivity index (χ4n) is 3.41. The van der Waals surface area contributed by atoms with Gasteiger partial charge < -0.3 is 4.74 Å². The molecule has 0 aliphatic heterocycles. The Morgan fingerprint density at radius 3 is 1.26 bits per heavy atom. The number of nitrogens with zero attached hydrogens (tertiary/aromatic N) is 2. The highest BCUT2D eigenvalue weighted by atomic mass is 16.6. The van der Waals surface area contributed by atoms with Gasteiger partial charge in [0.05, 0.1) is 21.0 Å². The van der Waals surface area contributed by atoms with E-state index in [2.05, 4.69) is 0 Å². The fraction of sp³-hybridized carbons (Fsp3) is 0. The topological polar surface area (TPSA) is 95.5 Å². The molecule has 0 aliphatic carbocycles. The molecule has 0 radical (unpaired) electrons. The van der Waals surface area contributed by atoms with E-state index >= 15 is 0 Å². The van der Waals surface area contributed by atoms with E-state index in [1.165, 1.54) is 12.1 Å². The number of hydrogen-bond donors (Lipinski definition) is 0. The van der Waals surface area contributed by atoms with Crippen LogP contribution in [0.4, 0.5) is 11.4 Å². The van der Waals surface area contributed by atoms with Crippen LogP contribution in [0.25, 0.3) is 22.3 Å². The number of para-hydroxylation sites is 2. The SMILES string of the molecule is O=[N+]([O-])c1c(Oc2cccc(-c3ccccc3)c2[N+](=O)[O-])cccc1-c1ccccc1. The summed E-state index contributed by atoms with van der Waals surface area (Å²) < 4.78 is 5.80. The molecule has 0 saturated carbocycles. The summed E-state index contributed by atoms with van der Waals surface area (Å²) in [6, 6.07) is 27.1. The normalized spacial score (nSPS) is 10.5. The van der Waals surface area contributed by atoms with Gasteiger partial charge in [0.1, 0.15) is 0 Å². The first-order valence-electron chi connectivity index (χ1n) is 9.40. The number of nitro groups is 2. The van der Waals surface area contributed by atoms with E-state index in [1.807, 2.05) is 12.1 Å². The van der Waals surface area contributed by atoms with E-state index in [0.717, 1.165) is 0 Å². The molecule has 7 heteroatoms. The second-order valence-electron chi connectivity index (χ2n) is 6.65. The Morgan fingerprint density at radius 2 is 0.903 bits per heavy atom. The Hall–Kier alpha value is -4.52. The van der Waals surface area contributed by atoms with Gasteiger partial charge in [-0.25, -0.2) is 0 Å². The first kappa shape index (κ1) is 19.8. The minimum absolute atomic E-state index is 0.0698. The summed E-state index contributed by atoms with van der Waals surface area (Å²) in [5, 5.41) is 23.8. The van der Waals surface area contributed by atoms with Crippen LogP contribution in [0.1, 0.15) is 0 Å². The average molecular weight is 412 g/mol. The molecular formula is C24H16N2O5. The van der Waals surface area contributed by atoms with Gasteiger partial charge in [-0.15, -0.1) is 0 Å². The molecule has 0 bridgehead atoms. The Balaban J connectivity index is 1.86. The zero-order chi connectivity index (χ0) is 21.8. The monoisotopic (exact) mass is 412 g/mol. The van der Waals surface area contributed by atoms with Crippen LogP contribution < -0.4 is 4.74 Å². The van der Waals surface area contributed by atoms with Crippen LogP contribution in [0.2, 0.25) is 0 Å². The smallest absolute Gasteiger partial charge is 0.319 e. The Kier molecular flexibility index (Phi) is 5.40. The number of benzene rings is 4. The van der Waals surface area contributed by atoms with E-state index in [9.17, 15) is 20.2 Å². The predicted molar refractivity (Wildman–Crippen MR) is 117 cm³/mol. The van der Waals surface area contributed by atoms with Crippen LogP contribution in [0.5, 0.6) is 11.5 Å². The summed E-state index contributed by atoms with van der Waals surface area (Å²) in [5.41, 5.74) is 1.51. The molecule has 0 amide bonds. The van der Waals surface area contributed by atoms with Gasteiger partial charge in [-0.3, -0.25) is 20.2 Å². The van der Waals surface area contributed by atoms with Gasteiger partial charge >= 0.3 is 11.4 Å². The van der Waals surface area contributed by atoms with E-state index < -0.39 is 9.85 Å². The molecule has 152 valence electrons. The molecule has 4 aromatic rings. The minimum Gasteiger partial charge on any atom is -0.443 e. The lowest BCUT2D eigenvalue weighted by Crippen LogP contribution is -1.99. The van der Waals surface area contributed by atoms with Crippen LogP contribution in [0.15, 0.2) is 97.1 Å². The minimum atomic E-state index is -0.537. The number of ether oxygens (including phenoxy) is 1. The van der Waals surface area contributed by atoms with Gasteiger partial charge in [-0.05, 0) is 35.4 Å². The molecule has 0 fully saturated rings. The summed E-state index contributed by atoms with van der Waals surface area (Å²) in [4.78, 5) is 22.7. The van der Waals surface area contributed by atoms with Crippen molar-refractivity contribution in [1.82, 2.24) is 0 Å². The lowest BCUT2D eigenvalue weighted by atomic mass is 10.0. The lowest BCUT2D eigenvalue weighted by molar-refractivity contribution is -0.386. The van der Waals surface area contributed by atoms with Gasteiger partial charge in [0.25, 0.3) is 0 Å². The van der Waals surface area contributed by atoms with E-state index in [1.54, 1.807) is 72.8 Å². The van der Waals surface area contributed by atoms with E-state index in [0.29, 0.717) is 22.3 Å². The van der Waals surface area contributed by atoms with Gasteiger partial charge in [0.2, 0.25) is 11.5 Å². The third kappa shape index (κ3) is 3.97. The number of nitro benzene ring substituents is 2. The summed E-state index contributed by atoms with van der Waals surface area (Å²) in [6.07, 6.45) is 0. The largest absolute Gasteiger partial charge is 0.443 e. The highest BCUT2D eigenvalue weighted by Crippen LogP contribution is 2.44. The molecule has 0 heterocycles. The van der Waals surface area contributed by atoms with Crippen molar-refractivity contribution in [2.75, 3.05) is 0 Å². The quantitative estimate of drug-likeness (QED) is 0.262. The highest BCUT2D eigenvalue weighted by Gasteiger charge is 2.27. The first-order valence-corrected chi connectivity index (χ1v) is 9.40. The molecule has 0 aliphatic rings. The summed E-state index contributed by atoms with van der Waals surface area (Å²) in [7, 11) is 0. The van der Waals surface area contributed by atoms with Crippen molar-refractivity contribution in [3.05, 3.63) is 117 Å². The standard InChI is InChI=1S/C24H16N2O5/c27-25(28)23-19(17-9-3-1-4-10-17)13-7-15-21(23)31-22-16-8-14-20(24(22)26(29)30)18-11-5-2-6-12-18/h1-16H. The van der Waals surface area contributed by atoms with E-state index in [-0.39, 0.29) is 22.9 Å². The van der Waals surface area contributed by atoms with Crippen LogP contribution in [-0.4, -0.2) is 9.85 Å². The van der Waals surface area contributed by atoms with Crippen molar-refractivity contribution in [2.24, 2.45) is 0 Å². The first-order chi connectivity index (χ1) is 15.1. The Labute approximate surface area is 177 Å². The fourth-order valence-corrected chi connectivity index (χ4v) is 3.41. The molecule has 7 nitrogen and oxygen atoms in total. The maximum absolute atomic E-state index is 11.9. The second kappa shape index (κ2) is 8.46. The Bertz CT molecular complexity index is 1160. The van der Waals surface area contributed by atoms with Gasteiger partial charge in [0, 0.05) is 0 Å². The third-order valence-electron chi connectivity index (χ3n) is 4.75. The molecule has 0 N–H and O–H groups in total. The maximum Gasteiger partial charge on any atom is 0.319 e. The summed E-state index contributed by atoms with van der Waals surface area (Å²) >= 11 is 0. The van der Waals surface area contributed by atoms with Crippen molar-refractivity contribution in [3.63, 3.8) is 0 Å². The molecule has 31 heavy (non-hydrogen) atoms. The zero-order valence-corrected chi connectivity index (χ0v) is 16.2. The molecule has 0 unspecified atom stereocenters. The van der Waals surface area contributed by atoms with Crippen molar-refractivity contribution in [3.8, 4) is 33.8 Å². The van der Waals surface area contributed by atoms with Crippen molar-refractivity contribution >= 4 is 11.4 Å². The molecular weight excluding hydrogens is 396 g/mol. The van der Waals surface area contributed by atoms with Crippen LogP contribution in [-0.2, 0) is 0 Å². The van der Waals surface area contributed by atoms with E-state index in [4.69, 9.17) is 4.74 Å². The van der Waals surface area contributed by atoms with Gasteiger partial charge in [-0.2, -0.15) is 0 Å². The zero-order valence-electron chi connectivity index (χ0n) is 16.2. The van der Waals surface area contributed by atoms with Crippen LogP contribution >= 0.6 is 0 Å². The summed E-state index contributed by atoms with van der Waals surface area (Å²) in [5.74, 6) is -0.140. The van der Waals surface area contributed by atoms with Crippen LogP contribution in [0.3, 0.4) is 0 Å². The number of rotatable bonds is 6. The average Bonchev–Trinajstić information content (AvgIpc) is 2.79. The molecule has 0 saturated heterocycles. The molecule has 0 spiro atoms. The van der Waals surface area contributed by atoms with Crippen molar-refractivity contribution < 1.29 is 14.6 Å². The Morgan fingerprint density at radius 1 is 0.516 bits per heavy atom. The summed E-state index contributed by atoms with van der Waals surface area (Å²) in [6.45, 7) is 0. The molecule has 0 aromatic heterocycles. The predicted octanol–water partition coefficient (Wildman–Crippen LogP) is 6.63. The molecule has 4 aromatic carbocycles. The maximum atomic E-state index is 11.9.